The van der Waals surface area contributed by atoms with Crippen LogP contribution in [-0.2, 0) is 0 Å². The number of aromatic nitrogens is 1. The molecule has 2 aliphatic heterocycles. The van der Waals surface area contributed by atoms with Crippen molar-refractivity contribution in [3.8, 4) is 11.3 Å². The van der Waals surface area contributed by atoms with Gasteiger partial charge >= 0.3 is 0 Å². The van der Waals surface area contributed by atoms with Gasteiger partial charge in [0.2, 0.25) is 0 Å². The minimum absolute atomic E-state index is 0.151. The molecule has 5 heteroatoms. The number of hydrogen-bond acceptors (Lipinski definition) is 4. The number of pyridine rings is 1. The van der Waals surface area contributed by atoms with E-state index in [2.05, 4.69) is 15.2 Å². The lowest BCUT2D eigenvalue weighted by Gasteiger charge is -2.32. The summed E-state index contributed by atoms with van der Waals surface area (Å²) < 4.78 is 0. The van der Waals surface area contributed by atoms with E-state index < -0.39 is 0 Å². The molecule has 3 heterocycles. The monoisotopic (exact) mass is 350 g/mol. The SMILES string of the molecule is Cc1c(C(=O)N2CCC(N3CCNCC3)C2)cccc1-c1ccccn1. The maximum atomic E-state index is 13.2. The van der Waals surface area contributed by atoms with Gasteiger partial charge in [-0.25, -0.2) is 0 Å². The van der Waals surface area contributed by atoms with Gasteiger partial charge in [0.15, 0.2) is 0 Å². The number of rotatable bonds is 3. The van der Waals surface area contributed by atoms with E-state index in [0.717, 1.165) is 68.1 Å². The molecule has 1 aromatic carbocycles. The van der Waals surface area contributed by atoms with E-state index in [0.29, 0.717) is 6.04 Å². The number of hydrogen-bond donors (Lipinski definition) is 1. The standard InChI is InChI=1S/C21H26N4O/c1-16-18(20-7-2-3-9-23-20)5-4-6-19(16)21(26)25-12-8-17(15-25)24-13-10-22-11-14-24/h2-7,9,17,22H,8,10-15H2,1H3. The highest BCUT2D eigenvalue weighted by molar-refractivity contribution is 5.97. The molecule has 2 aliphatic rings. The Hall–Kier alpha value is -2.24. The molecule has 5 nitrogen and oxygen atoms in total. The fourth-order valence-corrected chi connectivity index (χ4v) is 4.11. The molecule has 136 valence electrons. The third-order valence-electron chi connectivity index (χ3n) is 5.62. The average molecular weight is 350 g/mol. The van der Waals surface area contributed by atoms with Crippen LogP contribution in [0.15, 0.2) is 42.6 Å². The Balaban J connectivity index is 1.52. The Kier molecular flexibility index (Phi) is 5.00. The lowest BCUT2D eigenvalue weighted by molar-refractivity contribution is 0.0773. The minimum Gasteiger partial charge on any atom is -0.337 e. The Morgan fingerprint density at radius 1 is 1.12 bits per heavy atom. The van der Waals surface area contributed by atoms with Crippen molar-refractivity contribution in [2.45, 2.75) is 19.4 Å². The minimum atomic E-state index is 0.151. The molecule has 0 aliphatic carbocycles. The van der Waals surface area contributed by atoms with Crippen LogP contribution in [0.5, 0.6) is 0 Å². The summed E-state index contributed by atoms with van der Waals surface area (Å²) in [6.07, 6.45) is 2.87. The second-order valence-corrected chi connectivity index (χ2v) is 7.17. The molecule has 0 radical (unpaired) electrons. The van der Waals surface area contributed by atoms with E-state index in [4.69, 9.17) is 0 Å². The molecule has 2 aromatic rings. The Bertz CT molecular complexity index is 771. The summed E-state index contributed by atoms with van der Waals surface area (Å²) in [5.41, 5.74) is 3.77. The van der Waals surface area contributed by atoms with Crippen molar-refractivity contribution >= 4 is 5.91 Å². The maximum Gasteiger partial charge on any atom is 0.254 e. The van der Waals surface area contributed by atoms with Gasteiger partial charge in [0, 0.05) is 62.6 Å². The van der Waals surface area contributed by atoms with Crippen molar-refractivity contribution in [1.82, 2.24) is 20.1 Å². The molecule has 2 saturated heterocycles. The molecule has 1 amide bonds. The van der Waals surface area contributed by atoms with E-state index in [1.165, 1.54) is 0 Å². The van der Waals surface area contributed by atoms with E-state index in [-0.39, 0.29) is 5.91 Å². The van der Waals surface area contributed by atoms with Crippen LogP contribution in [0.1, 0.15) is 22.3 Å². The highest BCUT2D eigenvalue weighted by Crippen LogP contribution is 2.26. The Morgan fingerprint density at radius 2 is 1.96 bits per heavy atom. The van der Waals surface area contributed by atoms with Crippen molar-refractivity contribution in [1.29, 1.82) is 0 Å². The van der Waals surface area contributed by atoms with Crippen molar-refractivity contribution < 1.29 is 4.79 Å². The highest BCUT2D eigenvalue weighted by atomic mass is 16.2. The molecule has 26 heavy (non-hydrogen) atoms. The number of nitrogens with one attached hydrogen (secondary N) is 1. The second-order valence-electron chi connectivity index (χ2n) is 7.17. The van der Waals surface area contributed by atoms with Crippen LogP contribution in [0.3, 0.4) is 0 Å². The summed E-state index contributed by atoms with van der Waals surface area (Å²) in [7, 11) is 0. The summed E-state index contributed by atoms with van der Waals surface area (Å²) in [6.45, 7) is 7.99. The molecule has 0 saturated carbocycles. The zero-order chi connectivity index (χ0) is 17.9. The summed E-state index contributed by atoms with van der Waals surface area (Å²) in [5.74, 6) is 0.151. The average Bonchev–Trinajstić information content (AvgIpc) is 3.19. The summed E-state index contributed by atoms with van der Waals surface area (Å²) in [4.78, 5) is 22.2. The van der Waals surface area contributed by atoms with Gasteiger partial charge < -0.3 is 10.2 Å². The third kappa shape index (κ3) is 3.37. The number of amides is 1. The highest BCUT2D eigenvalue weighted by Gasteiger charge is 2.32. The first-order valence-electron chi connectivity index (χ1n) is 9.49. The normalized spacial score (nSPS) is 21.1. The van der Waals surface area contributed by atoms with Gasteiger partial charge in [-0.3, -0.25) is 14.7 Å². The van der Waals surface area contributed by atoms with Gasteiger partial charge in [-0.15, -0.1) is 0 Å². The quantitative estimate of drug-likeness (QED) is 0.922. The third-order valence-corrected chi connectivity index (χ3v) is 5.62. The first kappa shape index (κ1) is 17.2. The Morgan fingerprint density at radius 3 is 2.73 bits per heavy atom. The number of carbonyl (C=O) groups excluding carboxylic acids is 1. The molecule has 1 atom stereocenters. The lowest BCUT2D eigenvalue weighted by Crippen LogP contribution is -2.49. The van der Waals surface area contributed by atoms with Crippen molar-refractivity contribution in [3.05, 3.63) is 53.7 Å². The van der Waals surface area contributed by atoms with Crippen LogP contribution in [-0.4, -0.2) is 66.0 Å². The largest absolute Gasteiger partial charge is 0.337 e. The van der Waals surface area contributed by atoms with E-state index in [1.807, 2.05) is 48.2 Å². The van der Waals surface area contributed by atoms with E-state index >= 15 is 0 Å². The summed E-state index contributed by atoms with van der Waals surface area (Å²) in [5, 5.41) is 3.40. The van der Waals surface area contributed by atoms with Crippen molar-refractivity contribution in [2.75, 3.05) is 39.3 Å². The molecule has 1 N–H and O–H groups in total. The number of nitrogens with zero attached hydrogens (tertiary/aromatic N) is 3. The van der Waals surface area contributed by atoms with Gasteiger partial charge in [-0.05, 0) is 37.1 Å². The first-order chi connectivity index (χ1) is 12.7. The predicted octanol–water partition coefficient (Wildman–Crippen LogP) is 2.18. The predicted molar refractivity (Wildman–Crippen MR) is 103 cm³/mol. The zero-order valence-corrected chi connectivity index (χ0v) is 15.3. The molecule has 1 unspecified atom stereocenters. The topological polar surface area (TPSA) is 48.5 Å². The second kappa shape index (κ2) is 7.56. The molecule has 1 aromatic heterocycles. The van der Waals surface area contributed by atoms with Crippen molar-refractivity contribution in [2.24, 2.45) is 0 Å². The van der Waals surface area contributed by atoms with Gasteiger partial charge in [-0.1, -0.05) is 18.2 Å². The van der Waals surface area contributed by atoms with Crippen LogP contribution < -0.4 is 5.32 Å². The molecule has 4 rings (SSSR count). The molecular formula is C21H26N4O. The maximum absolute atomic E-state index is 13.2. The van der Waals surface area contributed by atoms with Crippen LogP contribution in [0, 0.1) is 6.92 Å². The number of carbonyl (C=O) groups is 1. The van der Waals surface area contributed by atoms with E-state index in [1.54, 1.807) is 6.20 Å². The van der Waals surface area contributed by atoms with Gasteiger partial charge in [0.25, 0.3) is 5.91 Å². The van der Waals surface area contributed by atoms with Crippen LogP contribution >= 0.6 is 0 Å². The van der Waals surface area contributed by atoms with Crippen LogP contribution in [0.2, 0.25) is 0 Å². The number of benzene rings is 1. The smallest absolute Gasteiger partial charge is 0.254 e. The molecule has 0 bridgehead atoms. The van der Waals surface area contributed by atoms with E-state index in [9.17, 15) is 4.79 Å². The number of piperazine rings is 1. The van der Waals surface area contributed by atoms with Crippen LogP contribution in [0.4, 0.5) is 0 Å². The fourth-order valence-electron chi connectivity index (χ4n) is 4.11. The molecule has 2 fully saturated rings. The molecular weight excluding hydrogens is 324 g/mol. The van der Waals surface area contributed by atoms with Gasteiger partial charge in [-0.2, -0.15) is 0 Å². The van der Waals surface area contributed by atoms with Crippen LogP contribution in [0.25, 0.3) is 11.3 Å². The van der Waals surface area contributed by atoms with Gasteiger partial charge in [0.05, 0.1) is 5.69 Å². The zero-order valence-electron chi connectivity index (χ0n) is 15.3. The lowest BCUT2D eigenvalue weighted by atomic mass is 9.99. The van der Waals surface area contributed by atoms with Gasteiger partial charge in [0.1, 0.15) is 0 Å². The Labute approximate surface area is 155 Å². The summed E-state index contributed by atoms with van der Waals surface area (Å²) in [6, 6.07) is 12.3. The number of likely N-dealkylation sites (tertiary alicyclic amines) is 1. The molecule has 0 spiro atoms. The summed E-state index contributed by atoms with van der Waals surface area (Å²) >= 11 is 0. The fraction of sp³-hybridized carbons (Fsp3) is 0.429. The van der Waals surface area contributed by atoms with Crippen molar-refractivity contribution in [3.63, 3.8) is 0 Å². The first-order valence-corrected chi connectivity index (χ1v) is 9.49.